The summed E-state index contributed by atoms with van der Waals surface area (Å²) in [4.78, 5) is 24.7. The Bertz CT molecular complexity index is 437. The van der Waals surface area contributed by atoms with Crippen LogP contribution in [0.3, 0.4) is 0 Å². The van der Waals surface area contributed by atoms with Crippen molar-refractivity contribution >= 4 is 23.2 Å². The minimum Gasteiger partial charge on any atom is -0.390 e. The van der Waals surface area contributed by atoms with Crippen LogP contribution in [0, 0.1) is 0 Å². The molecule has 0 saturated heterocycles. The van der Waals surface area contributed by atoms with Crippen LogP contribution in [0.4, 0.5) is 8.78 Å². The Hall–Kier alpha value is -1.54. The van der Waals surface area contributed by atoms with E-state index in [1.54, 1.807) is 17.5 Å². The molecule has 0 aliphatic heterocycles. The van der Waals surface area contributed by atoms with Gasteiger partial charge in [0.15, 0.2) is 0 Å². The zero-order valence-corrected chi connectivity index (χ0v) is 11.0. The Balaban J connectivity index is 2.42. The number of nitrogens with zero attached hydrogens (tertiary/aromatic N) is 1. The van der Waals surface area contributed by atoms with Gasteiger partial charge in [0.25, 0.3) is 11.8 Å². The van der Waals surface area contributed by atoms with Gasteiger partial charge in [0, 0.05) is 7.05 Å². The van der Waals surface area contributed by atoms with E-state index in [2.05, 4.69) is 0 Å². The molecule has 0 aliphatic rings. The van der Waals surface area contributed by atoms with E-state index < -0.39 is 25.0 Å². The standard InChI is InChI=1S/C11H14F2N2O3S/c1-15(10(18)8-3-2-4-19-8)5-9(17)14-6-11(12,13)7-16/h2-4,16H,5-7H2,1H3,(H,14,17). The summed E-state index contributed by atoms with van der Waals surface area (Å²) in [5.74, 6) is -4.41. The van der Waals surface area contributed by atoms with Gasteiger partial charge < -0.3 is 15.3 Å². The number of carbonyl (C=O) groups is 2. The Labute approximate surface area is 112 Å². The molecule has 2 amide bonds. The highest BCUT2D eigenvalue weighted by Gasteiger charge is 2.28. The summed E-state index contributed by atoms with van der Waals surface area (Å²) in [6, 6.07) is 3.31. The largest absolute Gasteiger partial charge is 0.390 e. The topological polar surface area (TPSA) is 69.6 Å². The van der Waals surface area contributed by atoms with Crippen LogP contribution in [0.25, 0.3) is 0 Å². The molecular weight excluding hydrogens is 278 g/mol. The van der Waals surface area contributed by atoms with Gasteiger partial charge in [0.1, 0.15) is 6.61 Å². The molecule has 0 radical (unpaired) electrons. The molecule has 0 aliphatic carbocycles. The summed E-state index contributed by atoms with van der Waals surface area (Å²) in [6.07, 6.45) is 0. The van der Waals surface area contributed by atoms with Crippen molar-refractivity contribution in [2.75, 3.05) is 26.7 Å². The first-order chi connectivity index (χ1) is 8.85. The van der Waals surface area contributed by atoms with Crippen molar-refractivity contribution in [1.82, 2.24) is 10.2 Å². The van der Waals surface area contributed by atoms with E-state index in [9.17, 15) is 18.4 Å². The van der Waals surface area contributed by atoms with Crippen LogP contribution in [0.15, 0.2) is 17.5 Å². The average molecular weight is 292 g/mol. The third-order valence-corrected chi connectivity index (χ3v) is 3.09. The first kappa shape index (κ1) is 15.5. The summed E-state index contributed by atoms with van der Waals surface area (Å²) in [5, 5.41) is 12.0. The second-order valence-corrected chi connectivity index (χ2v) is 4.88. The molecule has 2 N–H and O–H groups in total. The number of aliphatic hydroxyl groups is 1. The maximum absolute atomic E-state index is 12.7. The number of halogens is 2. The molecule has 0 atom stereocenters. The van der Waals surface area contributed by atoms with Crippen LogP contribution in [-0.2, 0) is 4.79 Å². The number of rotatable bonds is 6. The summed E-state index contributed by atoms with van der Waals surface area (Å²) >= 11 is 1.23. The lowest BCUT2D eigenvalue weighted by Gasteiger charge is -2.18. The lowest BCUT2D eigenvalue weighted by molar-refractivity contribution is -0.124. The number of nitrogens with one attached hydrogen (secondary N) is 1. The van der Waals surface area contributed by atoms with E-state index in [1.165, 1.54) is 18.4 Å². The van der Waals surface area contributed by atoms with E-state index in [4.69, 9.17) is 5.11 Å². The molecule has 19 heavy (non-hydrogen) atoms. The van der Waals surface area contributed by atoms with Crippen LogP contribution in [0.2, 0.25) is 0 Å². The molecule has 1 aromatic heterocycles. The van der Waals surface area contributed by atoms with Crippen molar-refractivity contribution < 1.29 is 23.5 Å². The SMILES string of the molecule is CN(CC(=O)NCC(F)(F)CO)C(=O)c1cccs1. The highest BCUT2D eigenvalue weighted by atomic mass is 32.1. The third-order valence-electron chi connectivity index (χ3n) is 2.23. The fraction of sp³-hybridized carbons (Fsp3) is 0.455. The van der Waals surface area contributed by atoms with Crippen LogP contribution in [0.5, 0.6) is 0 Å². The van der Waals surface area contributed by atoms with Crippen LogP contribution < -0.4 is 5.32 Å². The summed E-state index contributed by atoms with van der Waals surface area (Å²) in [5.41, 5.74) is 0. The number of likely N-dealkylation sites (N-methyl/N-ethyl adjacent to an activating group) is 1. The number of hydrogen-bond donors (Lipinski definition) is 2. The summed E-state index contributed by atoms with van der Waals surface area (Å²) in [6.45, 7) is -2.61. The number of alkyl halides is 2. The van der Waals surface area contributed by atoms with Crippen molar-refractivity contribution in [3.05, 3.63) is 22.4 Å². The third kappa shape index (κ3) is 4.92. The summed E-state index contributed by atoms with van der Waals surface area (Å²) < 4.78 is 25.4. The van der Waals surface area contributed by atoms with E-state index in [0.717, 1.165) is 4.90 Å². The number of amides is 2. The van der Waals surface area contributed by atoms with E-state index >= 15 is 0 Å². The minimum absolute atomic E-state index is 0.321. The zero-order valence-electron chi connectivity index (χ0n) is 10.2. The fourth-order valence-corrected chi connectivity index (χ4v) is 1.93. The number of thiophene rings is 1. The molecule has 1 heterocycles. The molecule has 1 rings (SSSR count). The van der Waals surface area contributed by atoms with Gasteiger partial charge in [-0.15, -0.1) is 11.3 Å². The van der Waals surface area contributed by atoms with E-state index in [1.807, 2.05) is 5.32 Å². The fourth-order valence-electron chi connectivity index (χ4n) is 1.22. The van der Waals surface area contributed by atoms with Crippen LogP contribution >= 0.6 is 11.3 Å². The van der Waals surface area contributed by atoms with Crippen molar-refractivity contribution in [3.63, 3.8) is 0 Å². The molecule has 0 aromatic carbocycles. The van der Waals surface area contributed by atoms with Gasteiger partial charge >= 0.3 is 0 Å². The zero-order chi connectivity index (χ0) is 14.5. The van der Waals surface area contributed by atoms with Crippen LogP contribution in [-0.4, -0.2) is 54.5 Å². The Morgan fingerprint density at radius 3 is 2.74 bits per heavy atom. The molecule has 106 valence electrons. The Kier molecular flexibility index (Phi) is 5.37. The lowest BCUT2D eigenvalue weighted by Crippen LogP contribution is -2.44. The summed E-state index contributed by atoms with van der Waals surface area (Å²) in [7, 11) is 1.41. The molecular formula is C11H14F2N2O3S. The van der Waals surface area contributed by atoms with Gasteiger partial charge in [0.05, 0.1) is 18.0 Å². The highest BCUT2D eigenvalue weighted by molar-refractivity contribution is 7.12. The molecule has 0 spiro atoms. The van der Waals surface area contributed by atoms with E-state index in [-0.39, 0.29) is 12.5 Å². The van der Waals surface area contributed by atoms with Gasteiger partial charge in [-0.05, 0) is 11.4 Å². The monoisotopic (exact) mass is 292 g/mol. The second kappa shape index (κ2) is 6.58. The molecule has 0 fully saturated rings. The van der Waals surface area contributed by atoms with Gasteiger partial charge in [-0.3, -0.25) is 9.59 Å². The van der Waals surface area contributed by atoms with Gasteiger partial charge in [-0.2, -0.15) is 0 Å². The minimum atomic E-state index is -3.36. The second-order valence-electron chi connectivity index (χ2n) is 3.93. The smallest absolute Gasteiger partial charge is 0.287 e. The molecule has 5 nitrogen and oxygen atoms in total. The molecule has 0 unspecified atom stereocenters. The van der Waals surface area contributed by atoms with Gasteiger partial charge in [-0.1, -0.05) is 6.07 Å². The average Bonchev–Trinajstić information content (AvgIpc) is 2.89. The Morgan fingerprint density at radius 1 is 1.53 bits per heavy atom. The predicted molar refractivity (Wildman–Crippen MR) is 66.3 cm³/mol. The maximum Gasteiger partial charge on any atom is 0.287 e. The van der Waals surface area contributed by atoms with Crippen molar-refractivity contribution in [2.45, 2.75) is 5.92 Å². The van der Waals surface area contributed by atoms with Gasteiger partial charge in [-0.25, -0.2) is 8.78 Å². The molecule has 1 aromatic rings. The molecule has 0 bridgehead atoms. The highest BCUT2D eigenvalue weighted by Crippen LogP contribution is 2.11. The van der Waals surface area contributed by atoms with Crippen molar-refractivity contribution in [3.8, 4) is 0 Å². The maximum atomic E-state index is 12.7. The number of carbonyl (C=O) groups excluding carboxylic acids is 2. The van der Waals surface area contributed by atoms with Gasteiger partial charge in [0.2, 0.25) is 5.91 Å². The quantitative estimate of drug-likeness (QED) is 0.805. The number of aliphatic hydroxyl groups excluding tert-OH is 1. The van der Waals surface area contributed by atoms with Crippen molar-refractivity contribution in [1.29, 1.82) is 0 Å². The van der Waals surface area contributed by atoms with E-state index in [0.29, 0.717) is 4.88 Å². The lowest BCUT2D eigenvalue weighted by atomic mass is 10.3. The Morgan fingerprint density at radius 2 is 2.21 bits per heavy atom. The molecule has 0 saturated carbocycles. The van der Waals surface area contributed by atoms with Crippen molar-refractivity contribution in [2.24, 2.45) is 0 Å². The number of hydrogen-bond acceptors (Lipinski definition) is 4. The first-order valence-corrected chi connectivity index (χ1v) is 6.28. The molecule has 8 heteroatoms. The predicted octanol–water partition coefficient (Wildman–Crippen LogP) is 0.564. The normalized spacial score (nSPS) is 11.2. The first-order valence-electron chi connectivity index (χ1n) is 5.40. The van der Waals surface area contributed by atoms with Crippen LogP contribution in [0.1, 0.15) is 9.67 Å².